The second kappa shape index (κ2) is 7.41. The number of likely N-dealkylation sites (tertiary alicyclic amines) is 1. The van der Waals surface area contributed by atoms with Gasteiger partial charge in [0.05, 0.1) is 18.0 Å². The summed E-state index contributed by atoms with van der Waals surface area (Å²) in [7, 11) is 0. The first-order chi connectivity index (χ1) is 11.3. The Bertz CT molecular complexity index is 607. The van der Waals surface area contributed by atoms with E-state index in [9.17, 15) is 22.8 Å². The molecule has 6 nitrogen and oxygen atoms in total. The number of carbonyl (C=O) groups excluding carboxylic acids is 2. The highest BCUT2D eigenvalue weighted by molar-refractivity contribution is 5.80. The van der Waals surface area contributed by atoms with Crippen LogP contribution in [0.5, 0.6) is 5.75 Å². The van der Waals surface area contributed by atoms with E-state index in [1.807, 2.05) is 0 Å². The van der Waals surface area contributed by atoms with Crippen LogP contribution in [0.2, 0.25) is 0 Å². The Hall–Kier alpha value is -2.45. The van der Waals surface area contributed by atoms with E-state index < -0.39 is 17.6 Å². The van der Waals surface area contributed by atoms with Crippen molar-refractivity contribution < 1.29 is 27.5 Å². The summed E-state index contributed by atoms with van der Waals surface area (Å²) in [6.07, 6.45) is -3.90. The number of hydrogen-bond acceptors (Lipinski definition) is 3. The molecule has 3 amide bonds. The summed E-state index contributed by atoms with van der Waals surface area (Å²) >= 11 is 0. The van der Waals surface area contributed by atoms with E-state index in [-0.39, 0.29) is 37.4 Å². The molecule has 0 saturated carbocycles. The summed E-state index contributed by atoms with van der Waals surface area (Å²) in [5, 5.41) is 2.59. The van der Waals surface area contributed by atoms with Gasteiger partial charge in [-0.25, -0.2) is 4.79 Å². The number of carbonyl (C=O) groups is 2. The number of nitrogens with two attached hydrogens (primary N) is 1. The van der Waals surface area contributed by atoms with Crippen LogP contribution in [0.3, 0.4) is 0 Å². The molecule has 1 atom stereocenters. The van der Waals surface area contributed by atoms with Crippen molar-refractivity contribution in [2.45, 2.75) is 12.6 Å². The summed E-state index contributed by atoms with van der Waals surface area (Å²) in [5.41, 5.74) is 4.40. The van der Waals surface area contributed by atoms with Crippen molar-refractivity contribution in [2.24, 2.45) is 11.7 Å². The molecule has 1 fully saturated rings. The number of halogens is 3. The van der Waals surface area contributed by atoms with Crippen LogP contribution in [0.25, 0.3) is 0 Å². The molecule has 1 unspecified atom stereocenters. The largest absolute Gasteiger partial charge is 0.492 e. The predicted octanol–water partition coefficient (Wildman–Crippen LogP) is 1.60. The molecular formula is C15H18F3N3O3. The van der Waals surface area contributed by atoms with Crippen LogP contribution < -0.4 is 15.8 Å². The molecule has 1 aromatic rings. The Morgan fingerprint density at radius 2 is 2.12 bits per heavy atom. The van der Waals surface area contributed by atoms with Crippen molar-refractivity contribution in [2.75, 3.05) is 26.2 Å². The van der Waals surface area contributed by atoms with Gasteiger partial charge in [0.2, 0.25) is 5.91 Å². The van der Waals surface area contributed by atoms with E-state index in [2.05, 4.69) is 5.32 Å². The lowest BCUT2D eigenvalue weighted by Crippen LogP contribution is -2.41. The molecule has 0 aromatic heterocycles. The van der Waals surface area contributed by atoms with Gasteiger partial charge in [-0.2, -0.15) is 13.2 Å². The number of alkyl halides is 3. The Balaban J connectivity index is 1.73. The Kier molecular flexibility index (Phi) is 5.53. The van der Waals surface area contributed by atoms with E-state index in [0.717, 1.165) is 12.1 Å². The van der Waals surface area contributed by atoms with E-state index in [4.69, 9.17) is 10.5 Å². The number of nitrogens with zero attached hydrogens (tertiary/aromatic N) is 1. The number of ether oxygens (including phenoxy) is 1. The maximum Gasteiger partial charge on any atom is 0.416 e. The molecule has 0 aliphatic carbocycles. The molecule has 1 aliphatic rings. The van der Waals surface area contributed by atoms with Crippen molar-refractivity contribution in [3.05, 3.63) is 29.8 Å². The van der Waals surface area contributed by atoms with Crippen LogP contribution in [-0.4, -0.2) is 43.1 Å². The molecule has 1 aliphatic heterocycles. The van der Waals surface area contributed by atoms with Crippen LogP contribution in [0, 0.1) is 5.92 Å². The summed E-state index contributed by atoms with van der Waals surface area (Å²) < 4.78 is 42.9. The zero-order valence-electron chi connectivity index (χ0n) is 12.8. The van der Waals surface area contributed by atoms with Gasteiger partial charge in [0, 0.05) is 13.1 Å². The number of primary amides is 1. The molecule has 132 valence electrons. The minimum Gasteiger partial charge on any atom is -0.492 e. The molecule has 24 heavy (non-hydrogen) atoms. The molecule has 0 bridgehead atoms. The molecule has 0 radical (unpaired) electrons. The lowest BCUT2D eigenvalue weighted by Gasteiger charge is -2.17. The van der Waals surface area contributed by atoms with Crippen molar-refractivity contribution in [1.29, 1.82) is 0 Å². The van der Waals surface area contributed by atoms with E-state index in [1.54, 1.807) is 0 Å². The van der Waals surface area contributed by atoms with Gasteiger partial charge in [0.15, 0.2) is 0 Å². The Morgan fingerprint density at radius 3 is 2.75 bits per heavy atom. The topological polar surface area (TPSA) is 84.7 Å². The fraction of sp³-hybridized carbons (Fsp3) is 0.467. The van der Waals surface area contributed by atoms with Gasteiger partial charge in [-0.05, 0) is 24.6 Å². The minimum absolute atomic E-state index is 0.0279. The van der Waals surface area contributed by atoms with Gasteiger partial charge in [-0.1, -0.05) is 6.07 Å². The minimum atomic E-state index is -4.43. The SMILES string of the molecule is NC(=O)C1CCN(C(=O)NCCOc2cccc(C(F)(F)F)c2)C1. The van der Waals surface area contributed by atoms with Gasteiger partial charge >= 0.3 is 12.2 Å². The van der Waals surface area contributed by atoms with Gasteiger partial charge in [0.25, 0.3) is 0 Å². The molecule has 1 heterocycles. The monoisotopic (exact) mass is 345 g/mol. The average Bonchev–Trinajstić information content (AvgIpc) is 3.01. The summed E-state index contributed by atoms with van der Waals surface area (Å²) in [5.74, 6) is -0.690. The molecular weight excluding hydrogens is 327 g/mol. The van der Waals surface area contributed by atoms with Crippen LogP contribution in [0.15, 0.2) is 24.3 Å². The molecule has 2 rings (SSSR count). The summed E-state index contributed by atoms with van der Waals surface area (Å²) in [6, 6.07) is 4.17. The van der Waals surface area contributed by atoms with E-state index >= 15 is 0 Å². The number of rotatable bonds is 5. The predicted molar refractivity (Wildman–Crippen MR) is 79.2 cm³/mol. The second-order valence-electron chi connectivity index (χ2n) is 5.44. The fourth-order valence-electron chi connectivity index (χ4n) is 2.38. The normalized spacial score (nSPS) is 17.6. The third-order valence-corrected chi connectivity index (χ3v) is 3.69. The highest BCUT2D eigenvalue weighted by Crippen LogP contribution is 2.31. The average molecular weight is 345 g/mol. The number of urea groups is 1. The van der Waals surface area contributed by atoms with Crippen molar-refractivity contribution >= 4 is 11.9 Å². The second-order valence-corrected chi connectivity index (χ2v) is 5.44. The first kappa shape index (κ1) is 17.9. The summed E-state index contributed by atoms with van der Waals surface area (Å²) in [4.78, 5) is 24.4. The Morgan fingerprint density at radius 1 is 1.38 bits per heavy atom. The zero-order valence-corrected chi connectivity index (χ0v) is 12.8. The van der Waals surface area contributed by atoms with Gasteiger partial charge < -0.3 is 20.7 Å². The smallest absolute Gasteiger partial charge is 0.416 e. The van der Waals surface area contributed by atoms with Crippen LogP contribution >= 0.6 is 0 Å². The maximum absolute atomic E-state index is 12.6. The molecule has 0 spiro atoms. The van der Waals surface area contributed by atoms with E-state index in [1.165, 1.54) is 17.0 Å². The lowest BCUT2D eigenvalue weighted by molar-refractivity contribution is -0.137. The van der Waals surface area contributed by atoms with Crippen LogP contribution in [-0.2, 0) is 11.0 Å². The first-order valence-corrected chi connectivity index (χ1v) is 7.39. The molecule has 1 saturated heterocycles. The van der Waals surface area contributed by atoms with E-state index in [0.29, 0.717) is 13.0 Å². The highest BCUT2D eigenvalue weighted by atomic mass is 19.4. The maximum atomic E-state index is 12.6. The van der Waals surface area contributed by atoms with Crippen LogP contribution in [0.1, 0.15) is 12.0 Å². The van der Waals surface area contributed by atoms with Crippen LogP contribution in [0.4, 0.5) is 18.0 Å². The fourth-order valence-corrected chi connectivity index (χ4v) is 2.38. The number of amides is 3. The summed E-state index contributed by atoms with van der Waals surface area (Å²) in [6.45, 7) is 0.872. The van der Waals surface area contributed by atoms with Crippen molar-refractivity contribution in [3.63, 3.8) is 0 Å². The van der Waals surface area contributed by atoms with Gasteiger partial charge in [-0.3, -0.25) is 4.79 Å². The number of hydrogen-bond donors (Lipinski definition) is 2. The quantitative estimate of drug-likeness (QED) is 0.795. The third kappa shape index (κ3) is 4.77. The molecule has 9 heteroatoms. The molecule has 1 aromatic carbocycles. The standard InChI is InChI=1S/C15H18F3N3O3/c16-15(17,18)11-2-1-3-12(8-11)24-7-5-20-14(23)21-6-4-10(9-21)13(19)22/h1-3,8,10H,4-7,9H2,(H2,19,22)(H,20,23). The van der Waals surface area contributed by atoms with Crippen molar-refractivity contribution in [1.82, 2.24) is 10.2 Å². The van der Waals surface area contributed by atoms with Gasteiger partial charge in [0.1, 0.15) is 12.4 Å². The third-order valence-electron chi connectivity index (χ3n) is 3.69. The Labute approximate surface area is 136 Å². The van der Waals surface area contributed by atoms with Crippen molar-refractivity contribution in [3.8, 4) is 5.75 Å². The highest BCUT2D eigenvalue weighted by Gasteiger charge is 2.31. The lowest BCUT2D eigenvalue weighted by atomic mass is 10.1. The number of nitrogens with one attached hydrogen (secondary N) is 1. The number of benzene rings is 1. The molecule has 3 N–H and O–H groups in total. The zero-order chi connectivity index (χ0) is 17.7. The van der Waals surface area contributed by atoms with Gasteiger partial charge in [-0.15, -0.1) is 0 Å². The first-order valence-electron chi connectivity index (χ1n) is 7.39.